The Balaban J connectivity index is 2.55. The number of hydrogen-bond donors (Lipinski definition) is 1. The van der Waals surface area contributed by atoms with E-state index in [1.807, 2.05) is 0 Å². The van der Waals surface area contributed by atoms with Crippen molar-refractivity contribution < 1.29 is 27.5 Å². The predicted molar refractivity (Wildman–Crippen MR) is 79.1 cm³/mol. The number of carboxylic acid groups (broad SMARTS) is 1. The predicted octanol–water partition coefficient (Wildman–Crippen LogP) is 4.76. The highest BCUT2D eigenvalue weighted by molar-refractivity contribution is 6.03. The van der Waals surface area contributed by atoms with Gasteiger partial charge in [-0.15, -0.1) is 0 Å². The van der Waals surface area contributed by atoms with Crippen LogP contribution in [0.5, 0.6) is 0 Å². The molecule has 0 saturated carbocycles. The second kappa shape index (κ2) is 5.59. The molecule has 0 bridgehead atoms. The van der Waals surface area contributed by atoms with Gasteiger partial charge in [0.05, 0.1) is 22.8 Å². The topological polar surface area (TPSA) is 50.2 Å². The highest BCUT2D eigenvalue weighted by atomic mass is 19.4. The lowest BCUT2D eigenvalue weighted by atomic mass is 9.91. The molecule has 0 radical (unpaired) electrons. The van der Waals surface area contributed by atoms with Gasteiger partial charge in [0.2, 0.25) is 0 Å². The minimum atomic E-state index is -4.91. The van der Waals surface area contributed by atoms with Crippen LogP contribution in [0.4, 0.5) is 17.6 Å². The van der Waals surface area contributed by atoms with Crippen LogP contribution in [-0.2, 0) is 6.18 Å². The number of alkyl halides is 3. The van der Waals surface area contributed by atoms with Gasteiger partial charge in [-0.25, -0.2) is 9.18 Å². The third-order valence-corrected chi connectivity index (χ3v) is 3.52. The molecule has 0 saturated heterocycles. The molecule has 3 nitrogen and oxygen atoms in total. The van der Waals surface area contributed by atoms with Gasteiger partial charge in [-0.1, -0.05) is 30.3 Å². The fraction of sp³-hybridized carbons (Fsp3) is 0.0588. The largest absolute Gasteiger partial charge is 0.478 e. The van der Waals surface area contributed by atoms with Gasteiger partial charge < -0.3 is 5.11 Å². The number of hydrogen-bond acceptors (Lipinski definition) is 2. The summed E-state index contributed by atoms with van der Waals surface area (Å²) in [7, 11) is 0. The number of rotatable bonds is 2. The Kier molecular flexibility index (Phi) is 3.71. The first-order chi connectivity index (χ1) is 11.3. The molecule has 0 aliphatic heterocycles. The second-order valence-electron chi connectivity index (χ2n) is 5.07. The number of carbonyl (C=O) groups is 1. The van der Waals surface area contributed by atoms with Crippen LogP contribution in [0.15, 0.2) is 48.7 Å². The molecular weight excluding hydrogens is 326 g/mol. The van der Waals surface area contributed by atoms with E-state index in [1.165, 1.54) is 24.3 Å². The van der Waals surface area contributed by atoms with E-state index < -0.39 is 29.1 Å². The number of halogens is 4. The van der Waals surface area contributed by atoms with Crippen molar-refractivity contribution in [1.29, 1.82) is 0 Å². The monoisotopic (exact) mass is 335 g/mol. The molecule has 0 amide bonds. The number of aromatic carboxylic acids is 1. The Morgan fingerprint density at radius 1 is 1.08 bits per heavy atom. The molecule has 1 heterocycles. The maximum Gasteiger partial charge on any atom is 0.417 e. The molecule has 0 fully saturated rings. The first-order valence-corrected chi connectivity index (χ1v) is 6.77. The molecule has 7 heteroatoms. The molecule has 0 aliphatic carbocycles. The van der Waals surface area contributed by atoms with Crippen molar-refractivity contribution in [2.45, 2.75) is 6.18 Å². The Morgan fingerprint density at radius 2 is 1.75 bits per heavy atom. The lowest BCUT2D eigenvalue weighted by Gasteiger charge is -2.18. The van der Waals surface area contributed by atoms with E-state index in [1.54, 1.807) is 6.07 Å². The van der Waals surface area contributed by atoms with Crippen molar-refractivity contribution in [3.63, 3.8) is 0 Å². The molecule has 24 heavy (non-hydrogen) atoms. The van der Waals surface area contributed by atoms with Crippen molar-refractivity contribution >= 4 is 16.9 Å². The molecule has 1 N–H and O–H groups in total. The minimum Gasteiger partial charge on any atom is -0.478 e. The Morgan fingerprint density at radius 3 is 2.33 bits per heavy atom. The van der Waals surface area contributed by atoms with Crippen LogP contribution in [0.2, 0.25) is 0 Å². The highest BCUT2D eigenvalue weighted by Crippen LogP contribution is 2.43. The summed E-state index contributed by atoms with van der Waals surface area (Å²) < 4.78 is 54.2. The highest BCUT2D eigenvalue weighted by Gasteiger charge is 2.39. The van der Waals surface area contributed by atoms with Crippen molar-refractivity contribution in [1.82, 2.24) is 4.98 Å². The third kappa shape index (κ3) is 2.68. The maximum absolute atomic E-state index is 13.6. The molecule has 3 rings (SSSR count). The Bertz CT molecular complexity index is 937. The molecule has 2 aromatic carbocycles. The summed E-state index contributed by atoms with van der Waals surface area (Å²) in [6, 6.07) is 9.26. The number of benzene rings is 2. The van der Waals surface area contributed by atoms with E-state index in [4.69, 9.17) is 0 Å². The number of carboxylic acids is 1. The van der Waals surface area contributed by atoms with Gasteiger partial charge in [-0.05, 0) is 17.7 Å². The summed E-state index contributed by atoms with van der Waals surface area (Å²) >= 11 is 0. The molecule has 122 valence electrons. The second-order valence-corrected chi connectivity index (χ2v) is 5.07. The van der Waals surface area contributed by atoms with Crippen LogP contribution in [0.1, 0.15) is 15.9 Å². The number of fused-ring (bicyclic) bond motifs is 1. The van der Waals surface area contributed by atoms with Gasteiger partial charge in [0, 0.05) is 10.9 Å². The minimum absolute atomic E-state index is 0.0146. The summed E-state index contributed by atoms with van der Waals surface area (Å²) in [5.41, 5.74) is -2.58. The van der Waals surface area contributed by atoms with Crippen molar-refractivity contribution in [3.8, 4) is 11.1 Å². The van der Waals surface area contributed by atoms with Gasteiger partial charge in [-0.3, -0.25) is 4.98 Å². The summed E-state index contributed by atoms with van der Waals surface area (Å²) in [5.74, 6) is -2.51. The van der Waals surface area contributed by atoms with Crippen LogP contribution in [0, 0.1) is 5.82 Å². The zero-order valence-electron chi connectivity index (χ0n) is 11.9. The molecule has 0 spiro atoms. The van der Waals surface area contributed by atoms with Crippen LogP contribution < -0.4 is 0 Å². The molecule has 3 aromatic rings. The average molecular weight is 335 g/mol. The third-order valence-electron chi connectivity index (χ3n) is 3.52. The summed E-state index contributed by atoms with van der Waals surface area (Å²) in [5, 5.41) is 9.20. The summed E-state index contributed by atoms with van der Waals surface area (Å²) in [4.78, 5) is 15.1. The first-order valence-electron chi connectivity index (χ1n) is 6.77. The van der Waals surface area contributed by atoms with E-state index in [2.05, 4.69) is 4.98 Å². The van der Waals surface area contributed by atoms with E-state index in [0.717, 1.165) is 18.3 Å². The van der Waals surface area contributed by atoms with Crippen molar-refractivity contribution in [2.75, 3.05) is 0 Å². The van der Waals surface area contributed by atoms with Gasteiger partial charge in [0.25, 0.3) is 0 Å². The normalized spacial score (nSPS) is 11.7. The standard InChI is InChI=1S/C17H9F4NO2/c18-11-6-10-7-12(16(23)24)14(17(19,20)21)13(15(10)22-8-11)9-4-2-1-3-5-9/h1-8H,(H,23,24). The van der Waals surface area contributed by atoms with Gasteiger partial charge in [0.1, 0.15) is 5.82 Å². The Labute approximate surface area is 133 Å². The summed E-state index contributed by atoms with van der Waals surface area (Å²) in [6.07, 6.45) is -4.11. The lowest BCUT2D eigenvalue weighted by Crippen LogP contribution is -2.15. The van der Waals surface area contributed by atoms with Crippen molar-refractivity contribution in [3.05, 3.63) is 65.6 Å². The van der Waals surface area contributed by atoms with Crippen LogP contribution in [-0.4, -0.2) is 16.1 Å². The SMILES string of the molecule is O=C(O)c1cc2cc(F)cnc2c(-c2ccccc2)c1C(F)(F)F. The lowest BCUT2D eigenvalue weighted by molar-refractivity contribution is -0.137. The molecule has 0 unspecified atom stereocenters. The Hall–Kier alpha value is -2.96. The van der Waals surface area contributed by atoms with Crippen LogP contribution in [0.3, 0.4) is 0 Å². The van der Waals surface area contributed by atoms with Gasteiger partial charge >= 0.3 is 12.1 Å². The average Bonchev–Trinajstić information content (AvgIpc) is 2.52. The van der Waals surface area contributed by atoms with Crippen LogP contribution >= 0.6 is 0 Å². The van der Waals surface area contributed by atoms with Gasteiger partial charge in [-0.2, -0.15) is 13.2 Å². The van der Waals surface area contributed by atoms with E-state index in [-0.39, 0.29) is 22.0 Å². The van der Waals surface area contributed by atoms with E-state index in [9.17, 15) is 27.5 Å². The molecular formula is C17H9F4NO2. The molecule has 0 aliphatic rings. The maximum atomic E-state index is 13.6. The first kappa shape index (κ1) is 15.9. The van der Waals surface area contributed by atoms with E-state index >= 15 is 0 Å². The number of nitrogens with zero attached hydrogens (tertiary/aromatic N) is 1. The zero-order chi connectivity index (χ0) is 17.5. The summed E-state index contributed by atoms with van der Waals surface area (Å²) in [6.45, 7) is 0. The van der Waals surface area contributed by atoms with Gasteiger partial charge in [0.15, 0.2) is 0 Å². The molecule has 0 atom stereocenters. The fourth-order valence-electron chi connectivity index (χ4n) is 2.60. The quantitative estimate of drug-likeness (QED) is 0.687. The zero-order valence-corrected chi connectivity index (χ0v) is 11.9. The number of aromatic nitrogens is 1. The smallest absolute Gasteiger partial charge is 0.417 e. The number of pyridine rings is 1. The molecule has 1 aromatic heterocycles. The van der Waals surface area contributed by atoms with Crippen molar-refractivity contribution in [2.24, 2.45) is 0 Å². The van der Waals surface area contributed by atoms with E-state index in [0.29, 0.717) is 0 Å². The van der Waals surface area contributed by atoms with Crippen LogP contribution in [0.25, 0.3) is 22.0 Å². The fourth-order valence-corrected chi connectivity index (χ4v) is 2.60.